The topological polar surface area (TPSA) is 25.7 Å². The standard InChI is InChI=1S/C22H26N2O/c1-2-13-24-17-20(15-21(24)7-1)19-8-10-22(11-9-19)25-14-4-6-18-5-3-12-23-16-18/h1-2,7-11,13,15,17-18,23H,3-6,12,14,16H2. The van der Waals surface area contributed by atoms with Crippen LogP contribution in [0.3, 0.4) is 0 Å². The summed E-state index contributed by atoms with van der Waals surface area (Å²) >= 11 is 0. The smallest absolute Gasteiger partial charge is 0.119 e. The van der Waals surface area contributed by atoms with Gasteiger partial charge in [0.1, 0.15) is 5.75 Å². The molecule has 0 amide bonds. The molecular weight excluding hydrogens is 308 g/mol. The zero-order valence-electron chi connectivity index (χ0n) is 14.7. The highest BCUT2D eigenvalue weighted by Gasteiger charge is 2.12. The van der Waals surface area contributed by atoms with Gasteiger partial charge in [0, 0.05) is 23.5 Å². The Balaban J connectivity index is 1.30. The van der Waals surface area contributed by atoms with E-state index < -0.39 is 0 Å². The Morgan fingerprint density at radius 1 is 1.08 bits per heavy atom. The van der Waals surface area contributed by atoms with Crippen LogP contribution in [0.5, 0.6) is 5.75 Å². The van der Waals surface area contributed by atoms with Gasteiger partial charge in [-0.3, -0.25) is 0 Å². The minimum Gasteiger partial charge on any atom is -0.494 e. The van der Waals surface area contributed by atoms with E-state index in [0.29, 0.717) is 0 Å². The molecular formula is C22H26N2O. The fraction of sp³-hybridized carbons (Fsp3) is 0.364. The molecule has 3 heteroatoms. The van der Waals surface area contributed by atoms with Crippen LogP contribution >= 0.6 is 0 Å². The van der Waals surface area contributed by atoms with E-state index in [-0.39, 0.29) is 0 Å². The lowest BCUT2D eigenvalue weighted by Crippen LogP contribution is -2.29. The molecule has 1 fully saturated rings. The van der Waals surface area contributed by atoms with Crippen molar-refractivity contribution < 1.29 is 4.74 Å². The molecule has 1 saturated heterocycles. The van der Waals surface area contributed by atoms with Gasteiger partial charge in [0.15, 0.2) is 0 Å². The molecule has 0 spiro atoms. The average molecular weight is 334 g/mol. The van der Waals surface area contributed by atoms with Gasteiger partial charge in [0.05, 0.1) is 6.61 Å². The van der Waals surface area contributed by atoms with Gasteiger partial charge >= 0.3 is 0 Å². The van der Waals surface area contributed by atoms with Crippen LogP contribution in [0.25, 0.3) is 16.6 Å². The van der Waals surface area contributed by atoms with E-state index in [4.69, 9.17) is 4.74 Å². The van der Waals surface area contributed by atoms with Crippen molar-refractivity contribution in [1.29, 1.82) is 0 Å². The molecule has 3 aromatic rings. The van der Waals surface area contributed by atoms with Gasteiger partial charge in [0.2, 0.25) is 0 Å². The predicted molar refractivity (Wildman–Crippen MR) is 103 cm³/mol. The summed E-state index contributed by atoms with van der Waals surface area (Å²) in [4.78, 5) is 0. The molecule has 130 valence electrons. The van der Waals surface area contributed by atoms with E-state index in [2.05, 4.69) is 70.6 Å². The molecule has 3 heterocycles. The lowest BCUT2D eigenvalue weighted by atomic mass is 9.95. The van der Waals surface area contributed by atoms with Gasteiger partial charge in [-0.2, -0.15) is 0 Å². The Hall–Kier alpha value is -2.26. The Morgan fingerprint density at radius 3 is 2.80 bits per heavy atom. The van der Waals surface area contributed by atoms with Crippen molar-refractivity contribution in [2.45, 2.75) is 25.7 Å². The number of hydrogen-bond acceptors (Lipinski definition) is 2. The molecule has 1 aromatic carbocycles. The zero-order chi connectivity index (χ0) is 16.9. The van der Waals surface area contributed by atoms with Crippen molar-refractivity contribution >= 4 is 5.52 Å². The number of piperidine rings is 1. The monoisotopic (exact) mass is 334 g/mol. The maximum absolute atomic E-state index is 5.92. The first kappa shape index (κ1) is 16.2. The summed E-state index contributed by atoms with van der Waals surface area (Å²) in [6.07, 6.45) is 9.35. The first-order valence-electron chi connectivity index (χ1n) is 9.39. The van der Waals surface area contributed by atoms with Gasteiger partial charge in [-0.05, 0) is 80.6 Å². The molecule has 0 radical (unpaired) electrons. The molecule has 0 saturated carbocycles. The number of fused-ring (bicyclic) bond motifs is 1. The van der Waals surface area contributed by atoms with Crippen molar-refractivity contribution in [3.8, 4) is 16.9 Å². The molecule has 1 unspecified atom stereocenters. The number of benzene rings is 1. The van der Waals surface area contributed by atoms with Crippen molar-refractivity contribution in [1.82, 2.24) is 9.72 Å². The van der Waals surface area contributed by atoms with Crippen LogP contribution in [0.2, 0.25) is 0 Å². The summed E-state index contributed by atoms with van der Waals surface area (Å²) in [7, 11) is 0. The summed E-state index contributed by atoms with van der Waals surface area (Å²) in [6.45, 7) is 3.18. The van der Waals surface area contributed by atoms with Crippen molar-refractivity contribution in [3.63, 3.8) is 0 Å². The Bertz CT molecular complexity index is 767. The lowest BCUT2D eigenvalue weighted by Gasteiger charge is -2.22. The molecule has 1 N–H and O–H groups in total. The quantitative estimate of drug-likeness (QED) is 0.657. The first-order chi connectivity index (χ1) is 12.4. The largest absolute Gasteiger partial charge is 0.494 e. The van der Waals surface area contributed by atoms with Gasteiger partial charge in [-0.15, -0.1) is 0 Å². The van der Waals surface area contributed by atoms with Crippen LogP contribution < -0.4 is 10.1 Å². The zero-order valence-corrected chi connectivity index (χ0v) is 14.7. The lowest BCUT2D eigenvalue weighted by molar-refractivity contribution is 0.275. The van der Waals surface area contributed by atoms with Crippen LogP contribution in [0.15, 0.2) is 60.9 Å². The first-order valence-corrected chi connectivity index (χ1v) is 9.39. The fourth-order valence-corrected chi connectivity index (χ4v) is 3.69. The Labute approximate surface area is 149 Å². The SMILES string of the molecule is c1ccn2cc(-c3ccc(OCCCC4CCCNC4)cc3)cc2c1. The minimum atomic E-state index is 0.811. The summed E-state index contributed by atoms with van der Waals surface area (Å²) < 4.78 is 8.07. The van der Waals surface area contributed by atoms with Gasteiger partial charge in [-0.1, -0.05) is 18.2 Å². The molecule has 0 aliphatic carbocycles. The number of rotatable bonds is 6. The van der Waals surface area contributed by atoms with E-state index in [1.54, 1.807) is 0 Å². The molecule has 1 atom stereocenters. The molecule has 4 rings (SSSR count). The van der Waals surface area contributed by atoms with E-state index >= 15 is 0 Å². The normalized spacial score (nSPS) is 17.7. The number of ether oxygens (including phenoxy) is 1. The Kier molecular flexibility index (Phi) is 5.03. The second-order valence-electron chi connectivity index (χ2n) is 6.99. The van der Waals surface area contributed by atoms with Crippen LogP contribution in [0, 0.1) is 5.92 Å². The van der Waals surface area contributed by atoms with E-state index in [9.17, 15) is 0 Å². The highest BCUT2D eigenvalue weighted by atomic mass is 16.5. The second kappa shape index (κ2) is 7.75. The number of nitrogens with one attached hydrogen (secondary N) is 1. The third-order valence-corrected chi connectivity index (χ3v) is 5.12. The summed E-state index contributed by atoms with van der Waals surface area (Å²) in [5, 5.41) is 3.48. The van der Waals surface area contributed by atoms with E-state index in [0.717, 1.165) is 24.7 Å². The van der Waals surface area contributed by atoms with E-state index in [1.165, 1.54) is 49.0 Å². The van der Waals surface area contributed by atoms with Crippen molar-refractivity contribution in [3.05, 3.63) is 60.9 Å². The van der Waals surface area contributed by atoms with Crippen LogP contribution in [0.4, 0.5) is 0 Å². The Morgan fingerprint density at radius 2 is 2.00 bits per heavy atom. The third kappa shape index (κ3) is 4.05. The molecule has 25 heavy (non-hydrogen) atoms. The summed E-state index contributed by atoms with van der Waals surface area (Å²) in [5.41, 5.74) is 3.68. The van der Waals surface area contributed by atoms with Gasteiger partial charge < -0.3 is 14.5 Å². The molecule has 3 nitrogen and oxygen atoms in total. The van der Waals surface area contributed by atoms with Crippen molar-refractivity contribution in [2.75, 3.05) is 19.7 Å². The summed E-state index contributed by atoms with van der Waals surface area (Å²) in [6, 6.07) is 16.9. The summed E-state index contributed by atoms with van der Waals surface area (Å²) in [5.74, 6) is 1.80. The highest BCUT2D eigenvalue weighted by molar-refractivity contribution is 5.70. The average Bonchev–Trinajstić information content (AvgIpc) is 3.11. The molecule has 1 aliphatic heterocycles. The fourth-order valence-electron chi connectivity index (χ4n) is 3.69. The van der Waals surface area contributed by atoms with E-state index in [1.807, 2.05) is 0 Å². The number of nitrogens with zero attached hydrogens (tertiary/aromatic N) is 1. The number of pyridine rings is 1. The predicted octanol–water partition coefficient (Wildman–Crippen LogP) is 4.76. The number of hydrogen-bond donors (Lipinski definition) is 1. The number of aromatic nitrogens is 1. The maximum atomic E-state index is 5.92. The molecule has 2 aromatic heterocycles. The third-order valence-electron chi connectivity index (χ3n) is 5.12. The van der Waals surface area contributed by atoms with Crippen LogP contribution in [-0.2, 0) is 0 Å². The maximum Gasteiger partial charge on any atom is 0.119 e. The van der Waals surface area contributed by atoms with Gasteiger partial charge in [-0.25, -0.2) is 0 Å². The van der Waals surface area contributed by atoms with Crippen molar-refractivity contribution in [2.24, 2.45) is 5.92 Å². The highest BCUT2D eigenvalue weighted by Crippen LogP contribution is 2.25. The molecule has 0 bridgehead atoms. The van der Waals surface area contributed by atoms with Crippen LogP contribution in [0.1, 0.15) is 25.7 Å². The second-order valence-corrected chi connectivity index (χ2v) is 6.99. The minimum absolute atomic E-state index is 0.811. The molecule has 1 aliphatic rings. The van der Waals surface area contributed by atoms with Crippen LogP contribution in [-0.4, -0.2) is 24.1 Å². The van der Waals surface area contributed by atoms with Gasteiger partial charge in [0.25, 0.3) is 0 Å².